The van der Waals surface area contributed by atoms with E-state index in [-0.39, 0.29) is 11.6 Å². The Kier molecular flexibility index (Phi) is 4.93. The number of carbonyl (C=O) groups is 1. The monoisotopic (exact) mass is 348 g/mol. The fourth-order valence-electron chi connectivity index (χ4n) is 2.14. The van der Waals surface area contributed by atoms with E-state index in [2.05, 4.69) is 15.6 Å². The third kappa shape index (κ3) is 4.14. The van der Waals surface area contributed by atoms with Crippen LogP contribution in [-0.4, -0.2) is 10.9 Å². The van der Waals surface area contributed by atoms with Gasteiger partial charge in [-0.05, 0) is 48.5 Å². The Balaban J connectivity index is 1.68. The summed E-state index contributed by atoms with van der Waals surface area (Å²) in [4.78, 5) is 16.4. The highest BCUT2D eigenvalue weighted by Crippen LogP contribution is 2.24. The highest BCUT2D eigenvalue weighted by atomic mass is 35.5. The van der Waals surface area contributed by atoms with Gasteiger partial charge in [0.15, 0.2) is 0 Å². The normalized spacial score (nSPS) is 9.92. The molecule has 6 heteroatoms. The Morgan fingerprint density at radius 1 is 1.00 bits per heavy atom. The number of anilines is 3. The molecule has 0 aliphatic carbocycles. The summed E-state index contributed by atoms with van der Waals surface area (Å²) in [5.41, 5.74) is 2.91. The van der Waals surface area contributed by atoms with Gasteiger partial charge in [-0.3, -0.25) is 4.79 Å². The fraction of sp³-hybridized carbons (Fsp3) is 0. The molecule has 2 N–H and O–H groups in total. The summed E-state index contributed by atoms with van der Waals surface area (Å²) in [5, 5.41) is 15.3. The van der Waals surface area contributed by atoms with Crippen molar-refractivity contribution in [3.05, 3.63) is 83.1 Å². The first-order valence-electron chi connectivity index (χ1n) is 7.45. The SMILES string of the molecule is N#Cc1ccc(NC(=O)c2ccc(Nc3ccccc3Cl)cn2)cc1. The second kappa shape index (κ2) is 7.47. The molecule has 0 unspecified atom stereocenters. The van der Waals surface area contributed by atoms with Crippen LogP contribution in [0.4, 0.5) is 17.1 Å². The van der Waals surface area contributed by atoms with E-state index in [1.165, 1.54) is 0 Å². The second-order valence-electron chi connectivity index (χ2n) is 5.18. The summed E-state index contributed by atoms with van der Waals surface area (Å²) in [6.45, 7) is 0. The van der Waals surface area contributed by atoms with Crippen LogP contribution in [0.3, 0.4) is 0 Å². The second-order valence-corrected chi connectivity index (χ2v) is 5.59. The maximum absolute atomic E-state index is 12.2. The van der Waals surface area contributed by atoms with Gasteiger partial charge in [-0.15, -0.1) is 0 Å². The van der Waals surface area contributed by atoms with Gasteiger partial charge >= 0.3 is 0 Å². The van der Waals surface area contributed by atoms with Crippen molar-refractivity contribution in [3.63, 3.8) is 0 Å². The molecule has 0 saturated heterocycles. The van der Waals surface area contributed by atoms with Crippen molar-refractivity contribution in [2.75, 3.05) is 10.6 Å². The van der Waals surface area contributed by atoms with E-state index in [9.17, 15) is 4.79 Å². The number of aromatic nitrogens is 1. The lowest BCUT2D eigenvalue weighted by Crippen LogP contribution is -2.13. The third-order valence-corrected chi connectivity index (χ3v) is 3.75. The van der Waals surface area contributed by atoms with Gasteiger partial charge in [-0.1, -0.05) is 23.7 Å². The number of para-hydroxylation sites is 1. The lowest BCUT2D eigenvalue weighted by molar-refractivity contribution is 0.102. The van der Waals surface area contributed by atoms with Crippen molar-refractivity contribution in [2.24, 2.45) is 0 Å². The minimum absolute atomic E-state index is 0.286. The number of hydrogen-bond acceptors (Lipinski definition) is 4. The first-order valence-corrected chi connectivity index (χ1v) is 7.82. The molecule has 5 nitrogen and oxygen atoms in total. The molecule has 0 aliphatic rings. The van der Waals surface area contributed by atoms with Gasteiger partial charge in [0.25, 0.3) is 5.91 Å². The van der Waals surface area contributed by atoms with Crippen molar-refractivity contribution in [3.8, 4) is 6.07 Å². The van der Waals surface area contributed by atoms with Gasteiger partial charge in [0, 0.05) is 5.69 Å². The van der Waals surface area contributed by atoms with Crippen LogP contribution in [0.1, 0.15) is 16.1 Å². The number of amides is 1. The van der Waals surface area contributed by atoms with Crippen LogP contribution < -0.4 is 10.6 Å². The fourth-order valence-corrected chi connectivity index (χ4v) is 2.33. The maximum atomic E-state index is 12.2. The molecule has 3 rings (SSSR count). The molecular formula is C19H13ClN4O. The zero-order valence-corrected chi connectivity index (χ0v) is 13.8. The Labute approximate surface area is 149 Å². The number of nitrogens with one attached hydrogen (secondary N) is 2. The van der Waals surface area contributed by atoms with Crippen LogP contribution in [-0.2, 0) is 0 Å². The summed E-state index contributed by atoms with van der Waals surface area (Å²) in [5.74, 6) is -0.325. The molecular weight excluding hydrogens is 336 g/mol. The van der Waals surface area contributed by atoms with Gasteiger partial charge in [0.05, 0.1) is 34.2 Å². The first-order chi connectivity index (χ1) is 12.2. The van der Waals surface area contributed by atoms with Crippen molar-refractivity contribution < 1.29 is 4.79 Å². The molecule has 122 valence electrons. The van der Waals surface area contributed by atoms with Gasteiger partial charge in [-0.2, -0.15) is 5.26 Å². The molecule has 0 spiro atoms. The zero-order valence-electron chi connectivity index (χ0n) is 13.0. The molecule has 1 amide bonds. The van der Waals surface area contributed by atoms with Crippen molar-refractivity contribution in [1.29, 1.82) is 5.26 Å². The standard InChI is InChI=1S/C19H13ClN4O/c20-16-3-1-2-4-17(16)23-15-9-10-18(22-12-15)19(25)24-14-7-5-13(11-21)6-8-14/h1-10,12,23H,(H,24,25). The molecule has 3 aromatic rings. The van der Waals surface area contributed by atoms with Gasteiger partial charge in [0.2, 0.25) is 0 Å². The van der Waals surface area contributed by atoms with Crippen LogP contribution in [0.2, 0.25) is 5.02 Å². The zero-order chi connectivity index (χ0) is 17.6. The van der Waals surface area contributed by atoms with Crippen molar-refractivity contribution in [1.82, 2.24) is 4.98 Å². The molecule has 1 heterocycles. The largest absolute Gasteiger partial charge is 0.353 e. The minimum atomic E-state index is -0.325. The van der Waals surface area contributed by atoms with Crippen LogP contribution in [0.15, 0.2) is 66.9 Å². The van der Waals surface area contributed by atoms with Crippen LogP contribution in [0, 0.1) is 11.3 Å². The van der Waals surface area contributed by atoms with Crippen LogP contribution in [0.25, 0.3) is 0 Å². The lowest BCUT2D eigenvalue weighted by atomic mass is 10.2. The lowest BCUT2D eigenvalue weighted by Gasteiger charge is -2.09. The highest BCUT2D eigenvalue weighted by Gasteiger charge is 2.08. The van der Waals surface area contributed by atoms with Gasteiger partial charge in [0.1, 0.15) is 5.69 Å². The van der Waals surface area contributed by atoms with E-state index >= 15 is 0 Å². The van der Waals surface area contributed by atoms with Crippen molar-refractivity contribution in [2.45, 2.75) is 0 Å². The Hall–Kier alpha value is -3.36. The van der Waals surface area contributed by atoms with E-state index in [0.29, 0.717) is 16.3 Å². The molecule has 0 bridgehead atoms. The molecule has 0 fully saturated rings. The average molecular weight is 349 g/mol. The van der Waals surface area contributed by atoms with Crippen molar-refractivity contribution >= 4 is 34.6 Å². The summed E-state index contributed by atoms with van der Waals surface area (Å²) < 4.78 is 0. The summed E-state index contributed by atoms with van der Waals surface area (Å²) in [6.07, 6.45) is 1.57. The Morgan fingerprint density at radius 2 is 1.72 bits per heavy atom. The summed E-state index contributed by atoms with van der Waals surface area (Å²) in [6, 6.07) is 19.4. The number of rotatable bonds is 4. The molecule has 0 aliphatic heterocycles. The average Bonchev–Trinajstić information content (AvgIpc) is 2.65. The first kappa shape index (κ1) is 16.5. The number of pyridine rings is 1. The molecule has 0 radical (unpaired) electrons. The van der Waals surface area contributed by atoms with Gasteiger partial charge in [-0.25, -0.2) is 4.98 Å². The minimum Gasteiger partial charge on any atom is -0.353 e. The Bertz CT molecular complexity index is 931. The highest BCUT2D eigenvalue weighted by molar-refractivity contribution is 6.33. The van der Waals surface area contributed by atoms with E-state index in [1.54, 1.807) is 48.7 Å². The topological polar surface area (TPSA) is 77.8 Å². The third-order valence-electron chi connectivity index (χ3n) is 3.42. The summed E-state index contributed by atoms with van der Waals surface area (Å²) in [7, 11) is 0. The predicted molar refractivity (Wildman–Crippen MR) is 98.1 cm³/mol. The van der Waals surface area contributed by atoms with Crippen LogP contribution in [0.5, 0.6) is 0 Å². The molecule has 0 saturated carbocycles. The number of hydrogen-bond donors (Lipinski definition) is 2. The predicted octanol–water partition coefficient (Wildman–Crippen LogP) is 4.60. The number of nitrogens with zero attached hydrogens (tertiary/aromatic N) is 2. The van der Waals surface area contributed by atoms with Gasteiger partial charge < -0.3 is 10.6 Å². The smallest absolute Gasteiger partial charge is 0.274 e. The van der Waals surface area contributed by atoms with E-state index < -0.39 is 0 Å². The number of nitriles is 1. The molecule has 2 aromatic carbocycles. The molecule has 0 atom stereocenters. The maximum Gasteiger partial charge on any atom is 0.274 e. The van der Waals surface area contributed by atoms with Crippen LogP contribution >= 0.6 is 11.6 Å². The number of benzene rings is 2. The quantitative estimate of drug-likeness (QED) is 0.722. The van der Waals surface area contributed by atoms with E-state index in [1.807, 2.05) is 24.3 Å². The molecule has 25 heavy (non-hydrogen) atoms. The number of halogens is 1. The Morgan fingerprint density at radius 3 is 2.36 bits per heavy atom. The number of carbonyl (C=O) groups excluding carboxylic acids is 1. The summed E-state index contributed by atoms with van der Waals surface area (Å²) >= 11 is 6.10. The molecule has 1 aromatic heterocycles. The van der Waals surface area contributed by atoms with E-state index in [4.69, 9.17) is 16.9 Å². The van der Waals surface area contributed by atoms with E-state index in [0.717, 1.165) is 11.4 Å².